The third kappa shape index (κ3) is 5.63. The number of nitrogens with zero attached hydrogens (tertiary/aromatic N) is 1. The van der Waals surface area contributed by atoms with Crippen LogP contribution >= 0.6 is 0 Å². The molecule has 0 aliphatic carbocycles. The first-order valence-electron chi connectivity index (χ1n) is 11.1. The van der Waals surface area contributed by atoms with Crippen molar-refractivity contribution in [1.82, 2.24) is 4.90 Å². The molecular formula is C26H37NO2Si. The average molecular weight is 424 g/mol. The monoisotopic (exact) mass is 423 g/mol. The summed E-state index contributed by atoms with van der Waals surface area (Å²) in [5.41, 5.74) is 0. The molecule has 3 nitrogen and oxygen atoms in total. The molecule has 0 atom stereocenters. The van der Waals surface area contributed by atoms with Crippen molar-refractivity contribution in [3.8, 4) is 0 Å². The van der Waals surface area contributed by atoms with Crippen molar-refractivity contribution < 1.29 is 9.22 Å². The minimum atomic E-state index is -2.52. The molecule has 0 fully saturated rings. The highest BCUT2D eigenvalue weighted by molar-refractivity contribution is 6.99. The zero-order valence-corrected chi connectivity index (χ0v) is 20.2. The predicted octanol–water partition coefficient (Wildman–Crippen LogP) is 5.12. The van der Waals surface area contributed by atoms with Gasteiger partial charge in [-0.05, 0) is 42.1 Å². The van der Waals surface area contributed by atoms with Gasteiger partial charge in [0.2, 0.25) is 5.91 Å². The SMILES string of the molecule is CCN(CC)C(=O)CCC/C=C/O[Si](c1ccccc1)(c1ccccc1)C(C)(C)C. The van der Waals surface area contributed by atoms with Gasteiger partial charge in [-0.1, -0.05) is 87.5 Å². The van der Waals surface area contributed by atoms with Crippen LogP contribution in [0.15, 0.2) is 73.0 Å². The average Bonchev–Trinajstić information content (AvgIpc) is 2.74. The molecule has 30 heavy (non-hydrogen) atoms. The molecule has 2 aromatic rings. The van der Waals surface area contributed by atoms with E-state index in [0.717, 1.165) is 25.9 Å². The first-order chi connectivity index (χ1) is 14.4. The number of benzene rings is 2. The molecule has 2 aromatic carbocycles. The minimum Gasteiger partial charge on any atom is -0.540 e. The van der Waals surface area contributed by atoms with Crippen molar-refractivity contribution in [2.45, 2.75) is 58.9 Å². The Balaban J connectivity index is 2.19. The van der Waals surface area contributed by atoms with Gasteiger partial charge in [-0.2, -0.15) is 0 Å². The fourth-order valence-corrected chi connectivity index (χ4v) is 8.33. The molecule has 0 saturated heterocycles. The van der Waals surface area contributed by atoms with Crippen LogP contribution in [0.25, 0.3) is 0 Å². The smallest absolute Gasteiger partial charge is 0.319 e. The Morgan fingerprint density at radius 1 is 0.933 bits per heavy atom. The topological polar surface area (TPSA) is 29.5 Å². The summed E-state index contributed by atoms with van der Waals surface area (Å²) in [6.07, 6.45) is 6.24. The lowest BCUT2D eigenvalue weighted by Gasteiger charge is -2.41. The van der Waals surface area contributed by atoms with Crippen molar-refractivity contribution in [1.29, 1.82) is 0 Å². The number of unbranched alkanes of at least 4 members (excludes halogenated alkanes) is 1. The van der Waals surface area contributed by atoms with Crippen LogP contribution in [0.5, 0.6) is 0 Å². The molecule has 162 valence electrons. The van der Waals surface area contributed by atoms with Gasteiger partial charge in [0.05, 0.1) is 6.26 Å². The van der Waals surface area contributed by atoms with Gasteiger partial charge in [0.1, 0.15) is 0 Å². The maximum absolute atomic E-state index is 12.2. The number of rotatable bonds is 10. The standard InChI is InChI=1S/C26H37NO2Si/c1-6-27(7-2)25(28)21-15-10-16-22-29-30(26(3,4)5,23-17-11-8-12-18-23)24-19-13-9-14-20-24/h8-9,11-14,16-20,22H,6-7,10,15,21H2,1-5H3/b22-16+. The zero-order valence-electron chi connectivity index (χ0n) is 19.2. The molecule has 0 N–H and O–H groups in total. The van der Waals surface area contributed by atoms with Gasteiger partial charge >= 0.3 is 8.32 Å². The van der Waals surface area contributed by atoms with Crippen LogP contribution in [0.3, 0.4) is 0 Å². The maximum Gasteiger partial charge on any atom is 0.319 e. The quantitative estimate of drug-likeness (QED) is 0.302. The second kappa shape index (κ2) is 11.2. The Hall–Kier alpha value is -2.33. The van der Waals surface area contributed by atoms with E-state index in [9.17, 15) is 4.79 Å². The fourth-order valence-electron chi connectivity index (χ4n) is 4.02. The van der Waals surface area contributed by atoms with E-state index in [-0.39, 0.29) is 10.9 Å². The lowest BCUT2D eigenvalue weighted by atomic mass is 10.2. The molecule has 0 radical (unpaired) electrons. The van der Waals surface area contributed by atoms with Crippen LogP contribution in [0, 0.1) is 0 Å². The van der Waals surface area contributed by atoms with Gasteiger partial charge < -0.3 is 9.33 Å². The van der Waals surface area contributed by atoms with E-state index >= 15 is 0 Å². The Kier molecular flexibility index (Phi) is 8.91. The Morgan fingerprint density at radius 3 is 1.87 bits per heavy atom. The number of carbonyl (C=O) groups excluding carboxylic acids is 1. The maximum atomic E-state index is 12.2. The van der Waals surface area contributed by atoms with E-state index in [0.29, 0.717) is 6.42 Å². The van der Waals surface area contributed by atoms with E-state index in [1.165, 1.54) is 10.4 Å². The molecular weight excluding hydrogens is 386 g/mol. The highest BCUT2D eigenvalue weighted by Gasteiger charge is 2.51. The summed E-state index contributed by atoms with van der Waals surface area (Å²) in [5.74, 6) is 0.237. The van der Waals surface area contributed by atoms with Crippen LogP contribution < -0.4 is 10.4 Å². The number of hydrogen-bond donors (Lipinski definition) is 0. The van der Waals surface area contributed by atoms with Crippen LogP contribution in [0.2, 0.25) is 5.04 Å². The van der Waals surface area contributed by atoms with Gasteiger partial charge in [-0.15, -0.1) is 0 Å². The summed E-state index contributed by atoms with van der Waals surface area (Å²) >= 11 is 0. The van der Waals surface area contributed by atoms with Crippen LogP contribution in [-0.2, 0) is 9.22 Å². The van der Waals surface area contributed by atoms with Gasteiger partial charge in [0.25, 0.3) is 0 Å². The van der Waals surface area contributed by atoms with Crippen LogP contribution in [0.1, 0.15) is 53.9 Å². The first-order valence-corrected chi connectivity index (χ1v) is 13.0. The minimum absolute atomic E-state index is 0.0429. The molecule has 0 bridgehead atoms. The van der Waals surface area contributed by atoms with E-state index in [1.54, 1.807) is 0 Å². The molecule has 0 heterocycles. The molecule has 4 heteroatoms. The van der Waals surface area contributed by atoms with Crippen molar-refractivity contribution in [3.63, 3.8) is 0 Å². The summed E-state index contributed by atoms with van der Waals surface area (Å²) in [7, 11) is -2.52. The van der Waals surface area contributed by atoms with Crippen molar-refractivity contribution in [2.75, 3.05) is 13.1 Å². The lowest BCUT2D eigenvalue weighted by molar-refractivity contribution is -0.130. The normalized spacial score (nSPS) is 12.2. The van der Waals surface area contributed by atoms with Crippen LogP contribution in [0.4, 0.5) is 0 Å². The summed E-state index contributed by atoms with van der Waals surface area (Å²) in [5, 5.41) is 2.49. The fraction of sp³-hybridized carbons (Fsp3) is 0.423. The number of hydrogen-bond acceptors (Lipinski definition) is 2. The first kappa shape index (κ1) is 23.9. The van der Waals surface area contributed by atoms with E-state index < -0.39 is 8.32 Å². The molecule has 1 amide bonds. The third-order valence-electron chi connectivity index (χ3n) is 5.64. The van der Waals surface area contributed by atoms with Gasteiger partial charge in [0.15, 0.2) is 0 Å². The van der Waals surface area contributed by atoms with Gasteiger partial charge in [-0.3, -0.25) is 4.79 Å². The Morgan fingerprint density at radius 2 is 1.43 bits per heavy atom. The number of amides is 1. The summed E-state index contributed by atoms with van der Waals surface area (Å²) in [6.45, 7) is 12.4. The molecule has 0 aliphatic heterocycles. The largest absolute Gasteiger partial charge is 0.540 e. The second-order valence-electron chi connectivity index (χ2n) is 8.61. The zero-order chi connectivity index (χ0) is 22.0. The van der Waals surface area contributed by atoms with Gasteiger partial charge in [-0.25, -0.2) is 0 Å². The van der Waals surface area contributed by atoms with E-state index in [2.05, 4.69) is 87.5 Å². The lowest BCUT2D eigenvalue weighted by Crippen LogP contribution is -2.65. The molecule has 0 aromatic heterocycles. The Bertz CT molecular complexity index is 753. The van der Waals surface area contributed by atoms with Crippen LogP contribution in [-0.4, -0.2) is 32.2 Å². The van der Waals surface area contributed by atoms with Crippen molar-refractivity contribution in [2.24, 2.45) is 0 Å². The third-order valence-corrected chi connectivity index (χ3v) is 10.5. The molecule has 0 spiro atoms. The van der Waals surface area contributed by atoms with Crippen molar-refractivity contribution >= 4 is 24.6 Å². The number of carbonyl (C=O) groups is 1. The molecule has 0 aliphatic rings. The summed E-state index contributed by atoms with van der Waals surface area (Å²) in [6, 6.07) is 21.3. The summed E-state index contributed by atoms with van der Waals surface area (Å²) in [4.78, 5) is 14.1. The number of allylic oxidation sites excluding steroid dienone is 1. The predicted molar refractivity (Wildman–Crippen MR) is 130 cm³/mol. The molecule has 0 saturated carbocycles. The highest BCUT2D eigenvalue weighted by Crippen LogP contribution is 2.36. The highest BCUT2D eigenvalue weighted by atomic mass is 28.4. The van der Waals surface area contributed by atoms with Crippen molar-refractivity contribution in [3.05, 3.63) is 73.0 Å². The second-order valence-corrected chi connectivity index (χ2v) is 12.9. The van der Waals surface area contributed by atoms with E-state index in [1.807, 2.05) is 25.0 Å². The molecule has 2 rings (SSSR count). The summed E-state index contributed by atoms with van der Waals surface area (Å²) < 4.78 is 6.73. The van der Waals surface area contributed by atoms with E-state index in [4.69, 9.17) is 4.43 Å². The molecule has 0 unspecified atom stereocenters. The Labute approximate surface area is 183 Å². The van der Waals surface area contributed by atoms with Gasteiger partial charge in [0, 0.05) is 19.5 Å².